The van der Waals surface area contributed by atoms with Gasteiger partial charge in [-0.25, -0.2) is 5.43 Å². The number of rotatable bonds is 7. The zero-order chi connectivity index (χ0) is 22.9. The lowest BCUT2D eigenvalue weighted by molar-refractivity contribution is -0.123. The number of benzene rings is 2. The molecule has 0 heterocycles. The highest BCUT2D eigenvalue weighted by molar-refractivity contribution is 14.1. The van der Waals surface area contributed by atoms with E-state index in [1.165, 1.54) is 12.8 Å². The summed E-state index contributed by atoms with van der Waals surface area (Å²) in [7, 11) is 1.59. The van der Waals surface area contributed by atoms with Crippen LogP contribution in [0.4, 0.5) is 0 Å². The molecule has 2 fully saturated rings. The molecule has 0 radical (unpaired) electrons. The molecule has 8 heteroatoms. The van der Waals surface area contributed by atoms with Crippen molar-refractivity contribution >= 4 is 57.9 Å². The van der Waals surface area contributed by atoms with Crippen LogP contribution >= 0.6 is 45.8 Å². The molecule has 0 unspecified atom stereocenters. The monoisotopic (exact) mass is 586 g/mol. The summed E-state index contributed by atoms with van der Waals surface area (Å²) in [6.07, 6.45) is 6.37. The van der Waals surface area contributed by atoms with Crippen molar-refractivity contribution in [2.45, 2.75) is 39.2 Å². The van der Waals surface area contributed by atoms with Gasteiger partial charge in [-0.05, 0) is 76.6 Å². The van der Waals surface area contributed by atoms with Crippen LogP contribution in [0.2, 0.25) is 10.0 Å². The lowest BCUT2D eigenvalue weighted by atomic mass is 9.90. The minimum Gasteiger partial charge on any atom is -0.493 e. The zero-order valence-corrected chi connectivity index (χ0v) is 21.6. The lowest BCUT2D eigenvalue weighted by Crippen LogP contribution is -2.22. The summed E-state index contributed by atoms with van der Waals surface area (Å²) in [4.78, 5) is 12.6. The summed E-state index contributed by atoms with van der Waals surface area (Å²) < 4.78 is 12.4. The molecule has 2 aromatic carbocycles. The van der Waals surface area contributed by atoms with Crippen molar-refractivity contribution in [3.8, 4) is 11.5 Å². The van der Waals surface area contributed by atoms with Crippen LogP contribution in [0.1, 0.15) is 43.7 Å². The van der Waals surface area contributed by atoms with Gasteiger partial charge in [0.25, 0.3) is 0 Å². The maximum atomic E-state index is 12.6. The van der Waals surface area contributed by atoms with E-state index in [9.17, 15) is 4.79 Å². The van der Waals surface area contributed by atoms with Crippen molar-refractivity contribution in [3.05, 3.63) is 55.1 Å². The minimum atomic E-state index is 0.0251. The summed E-state index contributed by atoms with van der Waals surface area (Å²) >= 11 is 14.4. The van der Waals surface area contributed by atoms with Crippen LogP contribution in [-0.4, -0.2) is 19.2 Å². The first-order chi connectivity index (χ1) is 15.3. The molecule has 0 aromatic heterocycles. The first-order valence-corrected chi connectivity index (χ1v) is 12.4. The first-order valence-electron chi connectivity index (χ1n) is 10.6. The van der Waals surface area contributed by atoms with Crippen molar-refractivity contribution in [1.29, 1.82) is 0 Å². The standard InChI is InChI=1S/C24H25Cl2IN2O3/c1-24-8-4-3-5-17(24)21(24)23(30)29-28-12-14-9-19(27)22(20(10-14)31-2)32-13-15-6-7-16(25)11-18(15)26/h6-7,9-12,17,21H,3-5,8,13H2,1-2H3,(H,29,30)/b28-12-/t17-,21+,24+/m1/s1. The molecule has 2 aliphatic rings. The Kier molecular flexibility index (Phi) is 7.22. The van der Waals surface area contributed by atoms with Gasteiger partial charge in [0.2, 0.25) is 5.91 Å². The van der Waals surface area contributed by atoms with Crippen LogP contribution in [0, 0.1) is 20.8 Å². The van der Waals surface area contributed by atoms with E-state index in [1.54, 1.807) is 25.5 Å². The fourth-order valence-corrected chi connectivity index (χ4v) is 6.08. The maximum Gasteiger partial charge on any atom is 0.244 e. The molecule has 1 amide bonds. The molecule has 0 saturated heterocycles. The molecule has 1 N–H and O–H groups in total. The van der Waals surface area contributed by atoms with Crippen molar-refractivity contribution in [2.75, 3.05) is 7.11 Å². The second kappa shape index (κ2) is 9.77. The molecule has 32 heavy (non-hydrogen) atoms. The van der Waals surface area contributed by atoms with Crippen molar-refractivity contribution in [2.24, 2.45) is 22.4 Å². The first kappa shape index (κ1) is 23.6. The van der Waals surface area contributed by atoms with Crippen LogP contribution < -0.4 is 14.9 Å². The number of fused-ring (bicyclic) bond motifs is 1. The third-order valence-corrected chi connectivity index (χ3v) is 8.03. The van der Waals surface area contributed by atoms with Gasteiger partial charge in [-0.2, -0.15) is 5.10 Å². The van der Waals surface area contributed by atoms with Gasteiger partial charge in [0, 0.05) is 21.5 Å². The Labute approximate surface area is 212 Å². The number of methoxy groups -OCH3 is 1. The number of carbonyl (C=O) groups is 1. The Morgan fingerprint density at radius 1 is 1.31 bits per heavy atom. The molecule has 3 atom stereocenters. The highest BCUT2D eigenvalue weighted by Gasteiger charge is 2.64. The van der Waals surface area contributed by atoms with Crippen LogP contribution in [-0.2, 0) is 11.4 Å². The average Bonchev–Trinajstić information content (AvgIpc) is 3.39. The normalized spacial score (nSPS) is 24.2. The van der Waals surface area contributed by atoms with E-state index >= 15 is 0 Å². The molecule has 2 aliphatic carbocycles. The highest BCUT2D eigenvalue weighted by atomic mass is 127. The molecule has 170 valence electrons. The zero-order valence-electron chi connectivity index (χ0n) is 18.0. The number of nitrogens with zero attached hydrogens (tertiary/aromatic N) is 1. The second-order valence-corrected chi connectivity index (χ2v) is 10.6. The van der Waals surface area contributed by atoms with Gasteiger partial charge in [0.15, 0.2) is 11.5 Å². The summed E-state index contributed by atoms with van der Waals surface area (Å²) in [5, 5.41) is 5.33. The summed E-state index contributed by atoms with van der Waals surface area (Å²) in [6.45, 7) is 2.52. The molecule has 0 spiro atoms. The second-order valence-electron chi connectivity index (χ2n) is 8.63. The van der Waals surface area contributed by atoms with Crippen LogP contribution in [0.15, 0.2) is 35.4 Å². The molecule has 0 aliphatic heterocycles. The molecular weight excluding hydrogens is 562 g/mol. The highest BCUT2D eigenvalue weighted by Crippen LogP contribution is 2.66. The molecular formula is C24H25Cl2IN2O3. The van der Waals surface area contributed by atoms with E-state index in [2.05, 4.69) is 40.0 Å². The molecule has 0 bridgehead atoms. The fraction of sp³-hybridized carbons (Fsp3) is 0.417. The molecule has 2 saturated carbocycles. The maximum absolute atomic E-state index is 12.6. The Morgan fingerprint density at radius 3 is 2.81 bits per heavy atom. The third-order valence-electron chi connectivity index (χ3n) is 6.64. The van der Waals surface area contributed by atoms with Gasteiger partial charge in [-0.1, -0.05) is 49.0 Å². The van der Waals surface area contributed by atoms with E-state index < -0.39 is 0 Å². The van der Waals surface area contributed by atoms with E-state index in [0.29, 0.717) is 27.5 Å². The lowest BCUT2D eigenvalue weighted by Gasteiger charge is -2.15. The molecule has 4 rings (SSSR count). The van der Waals surface area contributed by atoms with Crippen molar-refractivity contribution < 1.29 is 14.3 Å². The van der Waals surface area contributed by atoms with Crippen LogP contribution in [0.3, 0.4) is 0 Å². The average molecular weight is 587 g/mol. The summed E-state index contributed by atoms with van der Waals surface area (Å²) in [6, 6.07) is 9.06. The van der Waals surface area contributed by atoms with Crippen LogP contribution in [0.5, 0.6) is 11.5 Å². The van der Waals surface area contributed by atoms with E-state index in [1.807, 2.05) is 18.2 Å². The predicted molar refractivity (Wildman–Crippen MR) is 136 cm³/mol. The molecule has 2 aromatic rings. The number of ether oxygens (including phenoxy) is 2. The van der Waals surface area contributed by atoms with E-state index in [0.717, 1.165) is 27.5 Å². The Bertz CT molecular complexity index is 1060. The smallest absolute Gasteiger partial charge is 0.244 e. The van der Waals surface area contributed by atoms with Gasteiger partial charge in [0.1, 0.15) is 6.61 Å². The SMILES string of the molecule is COc1cc(/C=N\NC(=O)[C@@H]2[C@H]3CCCC[C@@]32C)cc(I)c1OCc1ccc(Cl)cc1Cl. The topological polar surface area (TPSA) is 59.9 Å². The Morgan fingerprint density at radius 2 is 2.12 bits per heavy atom. The van der Waals surface area contributed by atoms with Gasteiger partial charge >= 0.3 is 0 Å². The number of amides is 1. The summed E-state index contributed by atoms with van der Waals surface area (Å²) in [5.41, 5.74) is 4.54. The number of hydrogen-bond acceptors (Lipinski definition) is 4. The number of carbonyl (C=O) groups excluding carboxylic acids is 1. The van der Waals surface area contributed by atoms with Crippen LogP contribution in [0.25, 0.3) is 0 Å². The van der Waals surface area contributed by atoms with Crippen molar-refractivity contribution in [1.82, 2.24) is 5.43 Å². The number of nitrogens with one attached hydrogen (secondary N) is 1. The third kappa shape index (κ3) is 4.87. The number of halogens is 3. The molecule has 5 nitrogen and oxygen atoms in total. The van der Waals surface area contributed by atoms with Crippen molar-refractivity contribution in [3.63, 3.8) is 0 Å². The quantitative estimate of drug-likeness (QED) is 0.230. The van der Waals surface area contributed by atoms with Gasteiger partial charge in [-0.3, -0.25) is 4.79 Å². The fourth-order valence-electron chi connectivity index (χ4n) is 4.83. The Balaban J connectivity index is 1.41. The predicted octanol–water partition coefficient (Wildman–Crippen LogP) is 6.46. The largest absolute Gasteiger partial charge is 0.493 e. The number of hydrazone groups is 1. The van der Waals surface area contributed by atoms with E-state index in [4.69, 9.17) is 32.7 Å². The van der Waals surface area contributed by atoms with Gasteiger partial charge < -0.3 is 9.47 Å². The minimum absolute atomic E-state index is 0.0251. The van der Waals surface area contributed by atoms with E-state index in [-0.39, 0.29) is 23.8 Å². The Hall–Kier alpha value is -1.51. The summed E-state index contributed by atoms with van der Waals surface area (Å²) in [5.74, 6) is 1.83. The van der Waals surface area contributed by atoms with Gasteiger partial charge in [-0.15, -0.1) is 0 Å². The van der Waals surface area contributed by atoms with Gasteiger partial charge in [0.05, 0.1) is 16.9 Å². The number of hydrogen-bond donors (Lipinski definition) is 1.